The summed E-state index contributed by atoms with van der Waals surface area (Å²) in [6.07, 6.45) is -3.97. The zero-order valence-corrected chi connectivity index (χ0v) is 12.4. The maximum Gasteiger partial charge on any atom is 0.420 e. The third-order valence-electron chi connectivity index (χ3n) is 2.88. The fourth-order valence-electron chi connectivity index (χ4n) is 1.87. The molecule has 0 N–H and O–H groups in total. The number of hydrogen-bond acceptors (Lipinski definition) is 4. The summed E-state index contributed by atoms with van der Waals surface area (Å²) >= 11 is 5.86. The van der Waals surface area contributed by atoms with E-state index in [1.807, 2.05) is 6.92 Å². The van der Waals surface area contributed by atoms with Crippen molar-refractivity contribution in [2.75, 3.05) is 7.11 Å². The van der Waals surface area contributed by atoms with Crippen molar-refractivity contribution in [1.29, 1.82) is 0 Å². The number of hydrogen-bond donors (Lipinski definition) is 0. The molecule has 0 aliphatic heterocycles. The van der Waals surface area contributed by atoms with Gasteiger partial charge in [-0.25, -0.2) is 4.79 Å². The quantitative estimate of drug-likeness (QED) is 0.860. The first-order chi connectivity index (χ1) is 10.3. The fourth-order valence-corrected chi connectivity index (χ4v) is 2.12. The lowest BCUT2D eigenvalue weighted by Gasteiger charge is -2.14. The van der Waals surface area contributed by atoms with Gasteiger partial charge >= 0.3 is 11.9 Å². The first-order valence-electron chi connectivity index (χ1n) is 6.27. The summed E-state index contributed by atoms with van der Waals surface area (Å²) in [6.45, 7) is 2.19. The van der Waals surface area contributed by atoms with Crippen molar-refractivity contribution in [2.45, 2.75) is 26.1 Å². The molecule has 0 aliphatic carbocycles. The second kappa shape index (κ2) is 5.99. The van der Waals surface area contributed by atoms with Crippen molar-refractivity contribution in [1.82, 2.24) is 19.8 Å². The van der Waals surface area contributed by atoms with Crippen LogP contribution in [0.3, 0.4) is 0 Å². The van der Waals surface area contributed by atoms with Crippen LogP contribution in [0.15, 0.2) is 16.9 Å². The van der Waals surface area contributed by atoms with Gasteiger partial charge in [-0.05, 0) is 22.9 Å². The molecule has 2 aromatic rings. The zero-order chi connectivity index (χ0) is 16.5. The van der Waals surface area contributed by atoms with E-state index >= 15 is 0 Å². The monoisotopic (exact) mass is 336 g/mol. The number of ether oxygens (including phenoxy) is 1. The molecule has 1 heterocycles. The van der Waals surface area contributed by atoms with Gasteiger partial charge in [-0.1, -0.05) is 18.5 Å². The summed E-state index contributed by atoms with van der Waals surface area (Å²) < 4.78 is 45.3. The lowest BCUT2D eigenvalue weighted by atomic mass is 10.1. The maximum atomic E-state index is 12.9. The van der Waals surface area contributed by atoms with E-state index in [0.29, 0.717) is 19.0 Å². The molecule has 0 atom stereocenters. The summed E-state index contributed by atoms with van der Waals surface area (Å²) in [7, 11) is 1.10. The lowest BCUT2D eigenvalue weighted by molar-refractivity contribution is -0.138. The number of aryl methyl sites for hydroxylation is 1. The number of tetrazole rings is 1. The Bertz CT molecular complexity index is 739. The van der Waals surface area contributed by atoms with E-state index in [-0.39, 0.29) is 10.7 Å². The van der Waals surface area contributed by atoms with Crippen molar-refractivity contribution in [3.05, 3.63) is 33.2 Å². The maximum absolute atomic E-state index is 12.9. The van der Waals surface area contributed by atoms with Crippen molar-refractivity contribution < 1.29 is 17.9 Å². The van der Waals surface area contributed by atoms with E-state index in [2.05, 4.69) is 10.4 Å². The predicted octanol–water partition coefficient (Wildman–Crippen LogP) is 2.52. The summed E-state index contributed by atoms with van der Waals surface area (Å²) in [4.78, 5) is 12.1. The van der Waals surface area contributed by atoms with Gasteiger partial charge in [0, 0.05) is 12.6 Å². The van der Waals surface area contributed by atoms with Crippen LogP contribution in [0.4, 0.5) is 13.2 Å². The molecule has 0 aliphatic rings. The second-order valence-electron chi connectivity index (χ2n) is 4.40. The van der Waals surface area contributed by atoms with Gasteiger partial charge < -0.3 is 4.74 Å². The standard InChI is InChI=1S/C12H12ClF3N4O2/c1-3-4-19-11(21)20(18-17-19)9-6-10(22-2)7(5-8(9)13)12(14,15)16/h5-6H,3-4H2,1-2H3. The molecular weight excluding hydrogens is 325 g/mol. The third kappa shape index (κ3) is 2.94. The molecule has 6 nitrogen and oxygen atoms in total. The second-order valence-corrected chi connectivity index (χ2v) is 4.81. The van der Waals surface area contributed by atoms with Gasteiger partial charge in [0.05, 0.1) is 23.4 Å². The van der Waals surface area contributed by atoms with Crippen molar-refractivity contribution in [3.8, 4) is 11.4 Å². The molecule has 0 saturated carbocycles. The van der Waals surface area contributed by atoms with Crippen LogP contribution in [0.2, 0.25) is 5.02 Å². The van der Waals surface area contributed by atoms with E-state index in [4.69, 9.17) is 16.3 Å². The minimum atomic E-state index is -4.63. The molecule has 1 aromatic carbocycles. The molecule has 0 unspecified atom stereocenters. The highest BCUT2D eigenvalue weighted by Gasteiger charge is 2.35. The molecule has 0 saturated heterocycles. The number of methoxy groups -OCH3 is 1. The molecule has 0 fully saturated rings. The average Bonchev–Trinajstić information content (AvgIpc) is 2.79. The van der Waals surface area contributed by atoms with E-state index in [1.54, 1.807) is 0 Å². The van der Waals surface area contributed by atoms with Crippen LogP contribution in [0, 0.1) is 0 Å². The lowest BCUT2D eigenvalue weighted by Crippen LogP contribution is -2.24. The van der Waals surface area contributed by atoms with Crippen LogP contribution >= 0.6 is 11.6 Å². The van der Waals surface area contributed by atoms with Gasteiger partial charge in [-0.3, -0.25) is 0 Å². The van der Waals surface area contributed by atoms with Crippen LogP contribution in [-0.4, -0.2) is 26.9 Å². The third-order valence-corrected chi connectivity index (χ3v) is 3.18. The minimum Gasteiger partial charge on any atom is -0.496 e. The molecule has 0 radical (unpaired) electrons. The molecule has 0 bridgehead atoms. The zero-order valence-electron chi connectivity index (χ0n) is 11.7. The van der Waals surface area contributed by atoms with Gasteiger partial charge in [-0.15, -0.1) is 0 Å². The molecular formula is C12H12ClF3N4O2. The summed E-state index contributed by atoms with van der Waals surface area (Å²) in [6, 6.07) is 1.71. The SMILES string of the molecule is CCCn1nnn(-c2cc(OC)c(C(F)(F)F)cc2Cl)c1=O. The number of rotatable bonds is 4. The van der Waals surface area contributed by atoms with Crippen LogP contribution in [-0.2, 0) is 12.7 Å². The largest absolute Gasteiger partial charge is 0.496 e. The molecule has 120 valence electrons. The van der Waals surface area contributed by atoms with E-state index in [1.165, 1.54) is 0 Å². The van der Waals surface area contributed by atoms with Crippen LogP contribution in [0.5, 0.6) is 5.75 Å². The van der Waals surface area contributed by atoms with E-state index in [9.17, 15) is 18.0 Å². The Hall–Kier alpha value is -2.03. The first-order valence-corrected chi connectivity index (χ1v) is 6.65. The number of nitrogens with zero attached hydrogens (tertiary/aromatic N) is 4. The Morgan fingerprint density at radius 2 is 2.00 bits per heavy atom. The fraction of sp³-hybridized carbons (Fsp3) is 0.417. The van der Waals surface area contributed by atoms with E-state index in [0.717, 1.165) is 22.5 Å². The Kier molecular flexibility index (Phi) is 4.45. The van der Waals surface area contributed by atoms with Gasteiger partial charge in [0.2, 0.25) is 0 Å². The Balaban J connectivity index is 2.60. The van der Waals surface area contributed by atoms with Crippen molar-refractivity contribution >= 4 is 11.6 Å². The number of benzene rings is 1. The highest BCUT2D eigenvalue weighted by molar-refractivity contribution is 6.32. The normalized spacial score (nSPS) is 11.7. The van der Waals surface area contributed by atoms with Crippen molar-refractivity contribution in [2.24, 2.45) is 0 Å². The molecule has 0 amide bonds. The summed E-state index contributed by atoms with van der Waals surface area (Å²) in [5.41, 5.74) is -1.65. The smallest absolute Gasteiger partial charge is 0.420 e. The average molecular weight is 337 g/mol. The van der Waals surface area contributed by atoms with Crippen LogP contribution in [0.25, 0.3) is 5.69 Å². The molecule has 1 aromatic heterocycles. The predicted molar refractivity (Wildman–Crippen MR) is 72.5 cm³/mol. The van der Waals surface area contributed by atoms with Gasteiger partial charge in [0.1, 0.15) is 5.75 Å². The Morgan fingerprint density at radius 1 is 1.32 bits per heavy atom. The van der Waals surface area contributed by atoms with Crippen LogP contribution < -0.4 is 10.4 Å². The van der Waals surface area contributed by atoms with E-state index < -0.39 is 23.2 Å². The molecule has 0 spiro atoms. The highest BCUT2D eigenvalue weighted by atomic mass is 35.5. The highest BCUT2D eigenvalue weighted by Crippen LogP contribution is 2.39. The molecule has 22 heavy (non-hydrogen) atoms. The minimum absolute atomic E-state index is 0.0288. The summed E-state index contributed by atoms with van der Waals surface area (Å²) in [5, 5.41) is 6.99. The van der Waals surface area contributed by atoms with Gasteiger partial charge in [0.15, 0.2) is 0 Å². The summed E-state index contributed by atoms with van der Waals surface area (Å²) in [5.74, 6) is -0.455. The first kappa shape index (κ1) is 16.3. The Labute approximate surface area is 128 Å². The van der Waals surface area contributed by atoms with Gasteiger partial charge in [0.25, 0.3) is 0 Å². The number of halogens is 4. The topological polar surface area (TPSA) is 61.9 Å². The molecule has 10 heteroatoms. The molecule has 2 rings (SSSR count). The Morgan fingerprint density at radius 3 is 2.55 bits per heavy atom. The number of aromatic nitrogens is 4. The van der Waals surface area contributed by atoms with Crippen LogP contribution in [0.1, 0.15) is 18.9 Å². The van der Waals surface area contributed by atoms with Gasteiger partial charge in [-0.2, -0.15) is 22.5 Å². The number of alkyl halides is 3. The van der Waals surface area contributed by atoms with Crippen molar-refractivity contribution in [3.63, 3.8) is 0 Å².